The third-order valence-corrected chi connectivity index (χ3v) is 2.91. The van der Waals surface area contributed by atoms with Gasteiger partial charge in [-0.3, -0.25) is 4.68 Å². The van der Waals surface area contributed by atoms with E-state index in [9.17, 15) is 0 Å². The van der Waals surface area contributed by atoms with Gasteiger partial charge in [-0.05, 0) is 32.4 Å². The summed E-state index contributed by atoms with van der Waals surface area (Å²) in [5.41, 5.74) is 10.3. The lowest BCUT2D eigenvalue weighted by atomic mass is 10.1. The monoisotopic (exact) mass is 229 g/mol. The van der Waals surface area contributed by atoms with Crippen LogP contribution in [-0.4, -0.2) is 9.78 Å². The van der Waals surface area contributed by atoms with Crippen LogP contribution in [0.4, 0.5) is 0 Å². The van der Waals surface area contributed by atoms with Gasteiger partial charge in [0.1, 0.15) is 0 Å². The zero-order valence-electron chi connectivity index (χ0n) is 10.6. The van der Waals surface area contributed by atoms with Crippen molar-refractivity contribution in [3.63, 3.8) is 0 Å². The second kappa shape index (κ2) is 4.72. The molecule has 0 aliphatic heterocycles. The fourth-order valence-corrected chi connectivity index (χ4v) is 2.00. The summed E-state index contributed by atoms with van der Waals surface area (Å²) in [5, 5.41) is 4.54. The molecule has 2 aromatic rings. The Labute approximate surface area is 102 Å². The maximum absolute atomic E-state index is 5.67. The molecule has 1 heterocycles. The Bertz CT molecular complexity index is 512. The highest BCUT2D eigenvalue weighted by molar-refractivity contribution is 5.64. The number of aromatic nitrogens is 2. The van der Waals surface area contributed by atoms with E-state index in [1.165, 1.54) is 11.1 Å². The first kappa shape index (κ1) is 11.9. The number of aryl methyl sites for hydroxylation is 1. The van der Waals surface area contributed by atoms with E-state index < -0.39 is 0 Å². The van der Waals surface area contributed by atoms with Gasteiger partial charge in [0.05, 0.1) is 11.4 Å². The lowest BCUT2D eigenvalue weighted by Crippen LogP contribution is -2.06. The van der Waals surface area contributed by atoms with E-state index in [1.807, 2.05) is 4.68 Å². The van der Waals surface area contributed by atoms with Crippen molar-refractivity contribution in [1.82, 2.24) is 9.78 Å². The van der Waals surface area contributed by atoms with Crippen LogP contribution in [0.1, 0.15) is 31.1 Å². The van der Waals surface area contributed by atoms with Gasteiger partial charge in [0, 0.05) is 18.2 Å². The van der Waals surface area contributed by atoms with Crippen LogP contribution < -0.4 is 5.73 Å². The summed E-state index contributed by atoms with van der Waals surface area (Å²) in [6.07, 6.45) is 0. The highest BCUT2D eigenvalue weighted by Gasteiger charge is 2.12. The van der Waals surface area contributed by atoms with Crippen LogP contribution in [0.25, 0.3) is 11.3 Å². The van der Waals surface area contributed by atoms with Gasteiger partial charge in [0.15, 0.2) is 0 Å². The molecule has 0 amide bonds. The predicted octanol–water partition coefficient (Wildman–Crippen LogP) is 2.90. The minimum Gasteiger partial charge on any atom is -0.325 e. The second-order valence-electron chi connectivity index (χ2n) is 4.58. The van der Waals surface area contributed by atoms with Gasteiger partial charge < -0.3 is 5.73 Å². The summed E-state index contributed by atoms with van der Waals surface area (Å²) in [5.74, 6) is 0. The normalized spacial score (nSPS) is 11.1. The van der Waals surface area contributed by atoms with Crippen molar-refractivity contribution >= 4 is 0 Å². The molecule has 0 aliphatic rings. The van der Waals surface area contributed by atoms with Gasteiger partial charge in [-0.2, -0.15) is 5.10 Å². The zero-order chi connectivity index (χ0) is 12.4. The summed E-state index contributed by atoms with van der Waals surface area (Å²) in [6.45, 7) is 6.87. The summed E-state index contributed by atoms with van der Waals surface area (Å²) < 4.78 is 2.05. The molecule has 0 saturated carbocycles. The molecule has 0 bridgehead atoms. The van der Waals surface area contributed by atoms with Gasteiger partial charge in [-0.1, -0.05) is 24.3 Å². The van der Waals surface area contributed by atoms with Gasteiger partial charge in [0.25, 0.3) is 0 Å². The molecule has 3 heteroatoms. The third-order valence-electron chi connectivity index (χ3n) is 2.91. The van der Waals surface area contributed by atoms with E-state index in [0.717, 1.165) is 11.4 Å². The Morgan fingerprint density at radius 3 is 2.59 bits per heavy atom. The molecular weight excluding hydrogens is 210 g/mol. The lowest BCUT2D eigenvalue weighted by molar-refractivity contribution is 0.532. The molecule has 90 valence electrons. The molecule has 0 spiro atoms. The molecule has 2 N–H and O–H groups in total. The van der Waals surface area contributed by atoms with Crippen LogP contribution in [0.15, 0.2) is 30.3 Å². The molecule has 0 unspecified atom stereocenters. The van der Waals surface area contributed by atoms with Gasteiger partial charge in [-0.15, -0.1) is 0 Å². The molecular formula is C14H19N3. The van der Waals surface area contributed by atoms with E-state index in [1.54, 1.807) is 0 Å². The number of rotatable bonds is 3. The first-order valence-corrected chi connectivity index (χ1v) is 5.98. The van der Waals surface area contributed by atoms with Gasteiger partial charge >= 0.3 is 0 Å². The van der Waals surface area contributed by atoms with Gasteiger partial charge in [-0.25, -0.2) is 0 Å². The Morgan fingerprint density at radius 1 is 1.29 bits per heavy atom. The molecule has 1 aromatic heterocycles. The van der Waals surface area contributed by atoms with Crippen molar-refractivity contribution in [2.24, 2.45) is 5.73 Å². The third kappa shape index (κ3) is 2.24. The smallest absolute Gasteiger partial charge is 0.0767 e. The van der Waals surface area contributed by atoms with E-state index in [-0.39, 0.29) is 0 Å². The molecule has 0 radical (unpaired) electrons. The highest BCUT2D eigenvalue weighted by atomic mass is 15.3. The van der Waals surface area contributed by atoms with E-state index in [2.05, 4.69) is 56.2 Å². The largest absolute Gasteiger partial charge is 0.325 e. The fourth-order valence-electron chi connectivity index (χ4n) is 2.00. The van der Waals surface area contributed by atoms with Crippen LogP contribution in [-0.2, 0) is 6.54 Å². The quantitative estimate of drug-likeness (QED) is 0.879. The SMILES string of the molecule is Cc1ccccc1-c1cc(CN)nn1C(C)C. The molecule has 0 fully saturated rings. The molecule has 3 nitrogen and oxygen atoms in total. The van der Waals surface area contributed by atoms with Crippen molar-refractivity contribution in [3.05, 3.63) is 41.6 Å². The Morgan fingerprint density at radius 2 is 2.00 bits per heavy atom. The van der Waals surface area contributed by atoms with E-state index >= 15 is 0 Å². The first-order chi connectivity index (χ1) is 8.13. The van der Waals surface area contributed by atoms with E-state index in [0.29, 0.717) is 12.6 Å². The number of nitrogens with zero attached hydrogens (tertiary/aromatic N) is 2. The van der Waals surface area contributed by atoms with Crippen LogP contribution in [0, 0.1) is 6.92 Å². The number of hydrogen-bond acceptors (Lipinski definition) is 2. The standard InChI is InChI=1S/C14H19N3/c1-10(2)17-14(8-12(9-15)16-17)13-7-5-4-6-11(13)3/h4-8,10H,9,15H2,1-3H3. The fraction of sp³-hybridized carbons (Fsp3) is 0.357. The Balaban J connectivity index is 2.58. The summed E-state index contributed by atoms with van der Waals surface area (Å²) >= 11 is 0. The molecule has 2 rings (SSSR count). The summed E-state index contributed by atoms with van der Waals surface area (Å²) in [6, 6.07) is 10.8. The minimum absolute atomic E-state index is 0.338. The molecule has 0 saturated heterocycles. The molecule has 0 aliphatic carbocycles. The molecule has 17 heavy (non-hydrogen) atoms. The summed E-state index contributed by atoms with van der Waals surface area (Å²) in [4.78, 5) is 0. The average Bonchev–Trinajstić information content (AvgIpc) is 2.73. The highest BCUT2D eigenvalue weighted by Crippen LogP contribution is 2.26. The van der Waals surface area contributed by atoms with Crippen LogP contribution in [0.2, 0.25) is 0 Å². The van der Waals surface area contributed by atoms with Crippen molar-refractivity contribution < 1.29 is 0 Å². The lowest BCUT2D eigenvalue weighted by Gasteiger charge is -2.12. The number of hydrogen-bond donors (Lipinski definition) is 1. The maximum Gasteiger partial charge on any atom is 0.0767 e. The van der Waals surface area contributed by atoms with E-state index in [4.69, 9.17) is 5.73 Å². The summed E-state index contributed by atoms with van der Waals surface area (Å²) in [7, 11) is 0. The van der Waals surface area contributed by atoms with Crippen molar-refractivity contribution in [3.8, 4) is 11.3 Å². The minimum atomic E-state index is 0.338. The second-order valence-corrected chi connectivity index (χ2v) is 4.58. The maximum atomic E-state index is 5.67. The van der Waals surface area contributed by atoms with Crippen LogP contribution in [0.5, 0.6) is 0 Å². The molecule has 0 atom stereocenters. The van der Waals surface area contributed by atoms with Crippen molar-refractivity contribution in [2.45, 2.75) is 33.4 Å². The van der Waals surface area contributed by atoms with Gasteiger partial charge in [0.2, 0.25) is 0 Å². The van der Waals surface area contributed by atoms with Crippen molar-refractivity contribution in [1.29, 1.82) is 0 Å². The topological polar surface area (TPSA) is 43.8 Å². The number of nitrogens with two attached hydrogens (primary N) is 1. The van der Waals surface area contributed by atoms with Crippen LogP contribution >= 0.6 is 0 Å². The van der Waals surface area contributed by atoms with Crippen molar-refractivity contribution in [2.75, 3.05) is 0 Å². The average molecular weight is 229 g/mol. The van der Waals surface area contributed by atoms with Crippen LogP contribution in [0.3, 0.4) is 0 Å². The molecule has 1 aromatic carbocycles. The number of benzene rings is 1. The Kier molecular flexibility index (Phi) is 3.29. The predicted molar refractivity (Wildman–Crippen MR) is 70.7 cm³/mol. The Hall–Kier alpha value is -1.61. The first-order valence-electron chi connectivity index (χ1n) is 5.98. The zero-order valence-corrected chi connectivity index (χ0v) is 10.6.